The molecular weight excluding hydrogens is 320 g/mol. The number of hydrogen-bond donors (Lipinski definition) is 1. The summed E-state index contributed by atoms with van der Waals surface area (Å²) in [5, 5.41) is 12.1. The maximum atomic E-state index is 11.6. The van der Waals surface area contributed by atoms with Crippen molar-refractivity contribution in [2.24, 2.45) is 5.92 Å². The normalized spacial score (nSPS) is 29.3. The molecule has 0 unspecified atom stereocenters. The number of aliphatic hydroxyl groups excluding tert-OH is 1. The molecule has 25 heavy (non-hydrogen) atoms. The van der Waals surface area contributed by atoms with Crippen molar-refractivity contribution in [3.05, 3.63) is 48.6 Å². The Bertz CT molecular complexity index is 846. The second kappa shape index (κ2) is 5.23. The Hall–Kier alpha value is -2.53. The molecule has 5 rings (SSSR count). The van der Waals surface area contributed by atoms with Gasteiger partial charge >= 0.3 is 5.97 Å². The molecule has 2 aromatic carbocycles. The molecule has 1 saturated heterocycles. The van der Waals surface area contributed by atoms with E-state index >= 15 is 0 Å². The largest absolute Gasteiger partial charge is 0.462 e. The highest BCUT2D eigenvalue weighted by Crippen LogP contribution is 2.48. The molecule has 1 N–H and O–H groups in total. The first-order chi connectivity index (χ1) is 12.1. The summed E-state index contributed by atoms with van der Waals surface area (Å²) in [6.07, 6.45) is 3.97. The van der Waals surface area contributed by atoms with Crippen LogP contribution in [0.15, 0.2) is 48.6 Å². The van der Waals surface area contributed by atoms with E-state index in [1.807, 2.05) is 36.4 Å². The number of carbonyl (C=O) groups is 1. The van der Waals surface area contributed by atoms with Crippen LogP contribution in [0.25, 0.3) is 10.8 Å². The fourth-order valence-corrected chi connectivity index (χ4v) is 4.14. The highest BCUT2D eigenvalue weighted by atomic mass is 16.7. The zero-order chi connectivity index (χ0) is 17.0. The van der Waals surface area contributed by atoms with Crippen LogP contribution in [0.1, 0.15) is 19.3 Å². The number of hydrogen-bond acceptors (Lipinski definition) is 5. The van der Waals surface area contributed by atoms with Crippen molar-refractivity contribution in [2.45, 2.75) is 37.3 Å². The lowest BCUT2D eigenvalue weighted by Crippen LogP contribution is -2.55. The van der Waals surface area contributed by atoms with Crippen molar-refractivity contribution in [1.82, 2.24) is 0 Å². The number of carbonyl (C=O) groups excluding carboxylic acids is 1. The van der Waals surface area contributed by atoms with Gasteiger partial charge in [0.25, 0.3) is 5.79 Å². The van der Waals surface area contributed by atoms with Crippen LogP contribution < -0.4 is 9.47 Å². The van der Waals surface area contributed by atoms with Crippen LogP contribution in [0.4, 0.5) is 0 Å². The molecule has 5 nitrogen and oxygen atoms in total. The lowest BCUT2D eigenvalue weighted by atomic mass is 9.81. The van der Waals surface area contributed by atoms with Gasteiger partial charge in [0.2, 0.25) is 0 Å². The standard InChI is InChI=1S/C20H18O5/c21-13-9-10-20(14(11-13)15-7-8-18(22)23-15)24-16-5-1-3-12-4-2-6-17(25-20)19(12)16/h1-6,9-10,13-15,21H,7-8,11H2/t13-,14+,15-/m1/s1. The quantitative estimate of drug-likeness (QED) is 0.640. The summed E-state index contributed by atoms with van der Waals surface area (Å²) < 4.78 is 18.2. The molecule has 3 aliphatic rings. The van der Waals surface area contributed by atoms with Gasteiger partial charge in [0.05, 0.1) is 17.4 Å². The third-order valence-corrected chi connectivity index (χ3v) is 5.29. The Labute approximate surface area is 144 Å². The summed E-state index contributed by atoms with van der Waals surface area (Å²) in [6, 6.07) is 11.8. The number of benzene rings is 2. The van der Waals surface area contributed by atoms with Crippen molar-refractivity contribution >= 4 is 16.7 Å². The number of aliphatic hydroxyl groups is 1. The lowest BCUT2D eigenvalue weighted by Gasteiger charge is -2.45. The topological polar surface area (TPSA) is 65.0 Å². The maximum Gasteiger partial charge on any atom is 0.306 e. The summed E-state index contributed by atoms with van der Waals surface area (Å²) in [4.78, 5) is 11.6. The molecule has 1 spiro atoms. The summed E-state index contributed by atoms with van der Waals surface area (Å²) in [5.41, 5.74) is 0. The number of ether oxygens (including phenoxy) is 3. The van der Waals surface area contributed by atoms with Gasteiger partial charge in [0, 0.05) is 6.42 Å². The average molecular weight is 338 g/mol. The molecule has 0 radical (unpaired) electrons. The van der Waals surface area contributed by atoms with Crippen molar-refractivity contribution < 1.29 is 24.1 Å². The van der Waals surface area contributed by atoms with E-state index in [9.17, 15) is 9.90 Å². The Kier molecular flexibility index (Phi) is 3.09. The lowest BCUT2D eigenvalue weighted by molar-refractivity contribution is -0.173. The van der Waals surface area contributed by atoms with Crippen molar-refractivity contribution in [3.8, 4) is 11.5 Å². The molecule has 0 aromatic heterocycles. The van der Waals surface area contributed by atoms with E-state index in [-0.39, 0.29) is 18.0 Å². The van der Waals surface area contributed by atoms with Gasteiger partial charge in [-0.1, -0.05) is 30.3 Å². The molecule has 0 bridgehead atoms. The summed E-state index contributed by atoms with van der Waals surface area (Å²) >= 11 is 0. The predicted octanol–water partition coefficient (Wildman–Crippen LogP) is 2.95. The van der Waals surface area contributed by atoms with E-state index in [4.69, 9.17) is 14.2 Å². The van der Waals surface area contributed by atoms with Crippen LogP contribution >= 0.6 is 0 Å². The first-order valence-corrected chi connectivity index (χ1v) is 8.61. The van der Waals surface area contributed by atoms with Gasteiger partial charge in [-0.05, 0) is 36.4 Å². The zero-order valence-corrected chi connectivity index (χ0v) is 13.6. The fourth-order valence-electron chi connectivity index (χ4n) is 4.14. The summed E-state index contributed by atoms with van der Waals surface area (Å²) in [5.74, 6) is -0.0635. The van der Waals surface area contributed by atoms with Crippen molar-refractivity contribution in [1.29, 1.82) is 0 Å². The van der Waals surface area contributed by atoms with Crippen LogP contribution in [0.2, 0.25) is 0 Å². The number of esters is 1. The van der Waals surface area contributed by atoms with Crippen LogP contribution in [0, 0.1) is 5.92 Å². The Morgan fingerprint density at radius 3 is 2.44 bits per heavy atom. The third-order valence-electron chi connectivity index (χ3n) is 5.29. The fraction of sp³-hybridized carbons (Fsp3) is 0.350. The van der Waals surface area contributed by atoms with Gasteiger partial charge in [-0.25, -0.2) is 0 Å². The van der Waals surface area contributed by atoms with E-state index in [0.717, 1.165) is 22.3 Å². The molecule has 2 heterocycles. The van der Waals surface area contributed by atoms with Crippen molar-refractivity contribution in [2.75, 3.05) is 0 Å². The smallest absolute Gasteiger partial charge is 0.306 e. The SMILES string of the molecule is O=C1CC[C@H]([C@@H]2C[C@H](O)C=CC23Oc2cccc4cccc(c24)O3)O1. The molecule has 0 amide bonds. The molecule has 128 valence electrons. The molecule has 1 fully saturated rings. The van der Waals surface area contributed by atoms with Crippen molar-refractivity contribution in [3.63, 3.8) is 0 Å². The van der Waals surface area contributed by atoms with E-state index in [2.05, 4.69) is 0 Å². The highest BCUT2D eigenvalue weighted by molar-refractivity contribution is 5.94. The predicted molar refractivity (Wildman–Crippen MR) is 90.3 cm³/mol. The van der Waals surface area contributed by atoms with Gasteiger partial charge in [0.15, 0.2) is 0 Å². The van der Waals surface area contributed by atoms with E-state index in [1.54, 1.807) is 12.2 Å². The Morgan fingerprint density at radius 2 is 1.80 bits per heavy atom. The minimum Gasteiger partial charge on any atom is -0.462 e. The van der Waals surface area contributed by atoms with E-state index in [0.29, 0.717) is 19.3 Å². The van der Waals surface area contributed by atoms with Crippen LogP contribution in [0.5, 0.6) is 11.5 Å². The maximum absolute atomic E-state index is 11.6. The molecule has 0 saturated carbocycles. The van der Waals surface area contributed by atoms with E-state index < -0.39 is 11.9 Å². The van der Waals surface area contributed by atoms with Crippen LogP contribution in [-0.2, 0) is 9.53 Å². The van der Waals surface area contributed by atoms with Gasteiger partial charge in [-0.15, -0.1) is 0 Å². The van der Waals surface area contributed by atoms with Gasteiger partial charge < -0.3 is 19.3 Å². The highest BCUT2D eigenvalue weighted by Gasteiger charge is 2.53. The average Bonchev–Trinajstić information content (AvgIpc) is 3.04. The van der Waals surface area contributed by atoms with Gasteiger partial charge in [-0.2, -0.15) is 0 Å². The summed E-state index contributed by atoms with van der Waals surface area (Å²) in [6.45, 7) is 0. The van der Waals surface area contributed by atoms with Crippen LogP contribution in [-0.4, -0.2) is 29.1 Å². The molecule has 2 aromatic rings. The number of rotatable bonds is 1. The Balaban J connectivity index is 1.62. The molecule has 1 aliphatic carbocycles. The monoisotopic (exact) mass is 338 g/mol. The minimum absolute atomic E-state index is 0.206. The van der Waals surface area contributed by atoms with Crippen LogP contribution in [0.3, 0.4) is 0 Å². The molecular formula is C20H18O5. The molecule has 5 heteroatoms. The molecule has 3 atom stereocenters. The van der Waals surface area contributed by atoms with Gasteiger partial charge in [-0.3, -0.25) is 4.79 Å². The second-order valence-corrected chi connectivity index (χ2v) is 6.87. The zero-order valence-electron chi connectivity index (χ0n) is 13.6. The summed E-state index contributed by atoms with van der Waals surface area (Å²) in [7, 11) is 0. The van der Waals surface area contributed by atoms with Gasteiger partial charge in [0.1, 0.15) is 17.6 Å². The first kappa shape index (κ1) is 14.8. The Morgan fingerprint density at radius 1 is 1.08 bits per heavy atom. The minimum atomic E-state index is -1.07. The third kappa shape index (κ3) is 2.23. The second-order valence-electron chi connectivity index (χ2n) is 6.87. The first-order valence-electron chi connectivity index (χ1n) is 8.61. The number of cyclic esters (lactones) is 1. The molecule has 2 aliphatic heterocycles. The van der Waals surface area contributed by atoms with E-state index in [1.165, 1.54) is 0 Å².